The quantitative estimate of drug-likeness (QED) is 0.742. The van der Waals surface area contributed by atoms with Crippen LogP contribution in [0.25, 0.3) is 0 Å². The molecule has 3 unspecified atom stereocenters. The van der Waals surface area contributed by atoms with E-state index in [-0.39, 0.29) is 35.6 Å². The van der Waals surface area contributed by atoms with E-state index in [4.69, 9.17) is 14.2 Å². The number of fused-ring (bicyclic) bond motifs is 1. The highest BCUT2D eigenvalue weighted by Crippen LogP contribution is 2.36. The zero-order valence-corrected chi connectivity index (χ0v) is 16.7. The molecule has 1 aromatic rings. The molecule has 1 aromatic carbocycles. The molecule has 0 bridgehead atoms. The first-order valence-electron chi connectivity index (χ1n) is 9.50. The van der Waals surface area contributed by atoms with E-state index in [0.717, 1.165) is 11.1 Å². The van der Waals surface area contributed by atoms with E-state index in [9.17, 15) is 9.59 Å². The van der Waals surface area contributed by atoms with Crippen molar-refractivity contribution in [2.24, 2.45) is 11.3 Å². The van der Waals surface area contributed by atoms with Crippen LogP contribution in [0.5, 0.6) is 5.75 Å². The Labute approximate surface area is 160 Å². The SMILES string of the molecule is Cc1cc(C)cc(OC2=COC3CC(OC(=O)C(C)(C)C)CCC3C2=O)c1. The molecule has 5 heteroatoms. The summed E-state index contributed by atoms with van der Waals surface area (Å²) in [7, 11) is 0. The van der Waals surface area contributed by atoms with Crippen molar-refractivity contribution in [1.82, 2.24) is 0 Å². The van der Waals surface area contributed by atoms with Gasteiger partial charge in [0.15, 0.2) is 0 Å². The van der Waals surface area contributed by atoms with Crippen LogP contribution in [0, 0.1) is 25.2 Å². The molecule has 1 aliphatic heterocycles. The number of hydrogen-bond acceptors (Lipinski definition) is 5. The van der Waals surface area contributed by atoms with Gasteiger partial charge in [-0.3, -0.25) is 9.59 Å². The van der Waals surface area contributed by atoms with Gasteiger partial charge in [0, 0.05) is 6.42 Å². The van der Waals surface area contributed by atoms with E-state index in [1.807, 2.05) is 46.8 Å². The minimum atomic E-state index is -0.535. The van der Waals surface area contributed by atoms with Crippen molar-refractivity contribution in [3.63, 3.8) is 0 Å². The summed E-state index contributed by atoms with van der Waals surface area (Å²) in [6.45, 7) is 9.48. The summed E-state index contributed by atoms with van der Waals surface area (Å²) in [5.41, 5.74) is 1.62. The number of hydrogen-bond donors (Lipinski definition) is 0. The van der Waals surface area contributed by atoms with Gasteiger partial charge in [-0.2, -0.15) is 0 Å². The Kier molecular flexibility index (Phi) is 5.31. The lowest BCUT2D eigenvalue weighted by atomic mass is 9.80. The first-order chi connectivity index (χ1) is 12.6. The maximum atomic E-state index is 12.8. The van der Waals surface area contributed by atoms with Gasteiger partial charge in [-0.05, 0) is 70.7 Å². The van der Waals surface area contributed by atoms with Crippen LogP contribution in [0.2, 0.25) is 0 Å². The van der Waals surface area contributed by atoms with Crippen molar-refractivity contribution in [3.05, 3.63) is 41.3 Å². The summed E-state index contributed by atoms with van der Waals surface area (Å²) in [6, 6.07) is 5.85. The second-order valence-corrected chi connectivity index (χ2v) is 8.64. The molecule has 146 valence electrons. The third-order valence-electron chi connectivity index (χ3n) is 4.98. The molecule has 3 rings (SSSR count). The Morgan fingerprint density at radius 2 is 1.78 bits per heavy atom. The zero-order valence-electron chi connectivity index (χ0n) is 16.7. The highest BCUT2D eigenvalue weighted by molar-refractivity contribution is 5.96. The predicted octanol–water partition coefficient (Wildman–Crippen LogP) is 4.25. The van der Waals surface area contributed by atoms with Crippen LogP contribution in [-0.2, 0) is 19.1 Å². The average Bonchev–Trinajstić information content (AvgIpc) is 2.55. The smallest absolute Gasteiger partial charge is 0.311 e. The highest BCUT2D eigenvalue weighted by atomic mass is 16.6. The maximum Gasteiger partial charge on any atom is 0.311 e. The number of ether oxygens (including phenoxy) is 3. The minimum absolute atomic E-state index is 0.0361. The van der Waals surface area contributed by atoms with Gasteiger partial charge in [0.1, 0.15) is 24.2 Å². The predicted molar refractivity (Wildman–Crippen MR) is 101 cm³/mol. The van der Waals surface area contributed by atoms with Crippen molar-refractivity contribution in [2.75, 3.05) is 0 Å². The van der Waals surface area contributed by atoms with E-state index in [2.05, 4.69) is 6.07 Å². The largest absolute Gasteiger partial charge is 0.493 e. The Balaban J connectivity index is 1.66. The van der Waals surface area contributed by atoms with Crippen LogP contribution in [0.15, 0.2) is 30.2 Å². The van der Waals surface area contributed by atoms with Crippen molar-refractivity contribution in [2.45, 2.75) is 66.1 Å². The van der Waals surface area contributed by atoms with Crippen LogP contribution in [-0.4, -0.2) is 24.0 Å². The topological polar surface area (TPSA) is 61.8 Å². The fourth-order valence-electron chi connectivity index (χ4n) is 3.56. The van der Waals surface area contributed by atoms with Gasteiger partial charge >= 0.3 is 5.97 Å². The van der Waals surface area contributed by atoms with E-state index in [0.29, 0.717) is 25.0 Å². The van der Waals surface area contributed by atoms with Gasteiger partial charge in [0.2, 0.25) is 11.5 Å². The number of allylic oxidation sites excluding steroid dienone is 1. The van der Waals surface area contributed by atoms with Crippen LogP contribution < -0.4 is 4.74 Å². The van der Waals surface area contributed by atoms with E-state index < -0.39 is 5.41 Å². The van der Waals surface area contributed by atoms with E-state index >= 15 is 0 Å². The third kappa shape index (κ3) is 4.52. The lowest BCUT2D eigenvalue weighted by Gasteiger charge is -2.37. The molecule has 0 saturated heterocycles. The number of aryl methyl sites for hydroxylation is 2. The monoisotopic (exact) mass is 372 g/mol. The van der Waals surface area contributed by atoms with Gasteiger partial charge in [0.25, 0.3) is 0 Å². The first-order valence-corrected chi connectivity index (χ1v) is 9.50. The molecule has 1 fully saturated rings. The molecule has 1 heterocycles. The van der Waals surface area contributed by atoms with Crippen LogP contribution in [0.4, 0.5) is 0 Å². The van der Waals surface area contributed by atoms with Crippen molar-refractivity contribution < 1.29 is 23.8 Å². The summed E-state index contributed by atoms with van der Waals surface area (Å²) in [4.78, 5) is 24.9. The van der Waals surface area contributed by atoms with Crippen molar-refractivity contribution in [3.8, 4) is 5.75 Å². The Morgan fingerprint density at radius 1 is 1.11 bits per heavy atom. The second-order valence-electron chi connectivity index (χ2n) is 8.64. The van der Waals surface area contributed by atoms with Gasteiger partial charge in [-0.15, -0.1) is 0 Å². The molecule has 0 radical (unpaired) electrons. The lowest BCUT2D eigenvalue weighted by molar-refractivity contribution is -0.164. The Morgan fingerprint density at radius 3 is 2.41 bits per heavy atom. The lowest BCUT2D eigenvalue weighted by Crippen LogP contribution is -2.43. The van der Waals surface area contributed by atoms with Gasteiger partial charge in [-0.1, -0.05) is 6.07 Å². The molecule has 1 saturated carbocycles. The van der Waals surface area contributed by atoms with Crippen LogP contribution in [0.3, 0.4) is 0 Å². The fourth-order valence-corrected chi connectivity index (χ4v) is 3.56. The number of Topliss-reactive ketones (excluding diaryl/α,β-unsaturated/α-hetero) is 1. The maximum absolute atomic E-state index is 12.8. The summed E-state index contributed by atoms with van der Waals surface area (Å²) in [6.07, 6.45) is 2.76. The fraction of sp³-hybridized carbons (Fsp3) is 0.545. The molecular formula is C22H28O5. The van der Waals surface area contributed by atoms with Gasteiger partial charge in [0.05, 0.1) is 11.3 Å². The van der Waals surface area contributed by atoms with Gasteiger partial charge in [-0.25, -0.2) is 0 Å². The highest BCUT2D eigenvalue weighted by Gasteiger charge is 2.42. The number of benzene rings is 1. The molecule has 27 heavy (non-hydrogen) atoms. The summed E-state index contributed by atoms with van der Waals surface area (Å²) in [5.74, 6) is 0.377. The Bertz CT molecular complexity index is 751. The Hall–Kier alpha value is -2.30. The third-order valence-corrected chi connectivity index (χ3v) is 4.98. The summed E-state index contributed by atoms with van der Waals surface area (Å²) >= 11 is 0. The normalized spacial score (nSPS) is 25.1. The van der Waals surface area contributed by atoms with Crippen LogP contribution >= 0.6 is 0 Å². The number of ketones is 1. The van der Waals surface area contributed by atoms with Crippen molar-refractivity contribution in [1.29, 1.82) is 0 Å². The number of carbonyl (C=O) groups is 2. The summed E-state index contributed by atoms with van der Waals surface area (Å²) in [5, 5.41) is 0. The molecule has 1 aliphatic carbocycles. The number of rotatable bonds is 3. The second kappa shape index (κ2) is 7.37. The average molecular weight is 372 g/mol. The van der Waals surface area contributed by atoms with E-state index in [1.165, 1.54) is 6.26 Å². The zero-order chi connectivity index (χ0) is 19.8. The molecule has 5 nitrogen and oxygen atoms in total. The number of carbonyl (C=O) groups excluding carboxylic acids is 2. The molecule has 2 aliphatic rings. The first kappa shape index (κ1) is 19.5. The molecule has 0 amide bonds. The number of esters is 1. The van der Waals surface area contributed by atoms with Crippen molar-refractivity contribution >= 4 is 11.8 Å². The van der Waals surface area contributed by atoms with Gasteiger partial charge < -0.3 is 14.2 Å². The molecule has 0 spiro atoms. The minimum Gasteiger partial charge on any atom is -0.493 e. The standard InChI is InChI=1S/C22H28O5/c1-13-8-14(2)10-16(9-13)26-19-12-25-18-11-15(6-7-17(18)20(19)23)27-21(24)22(3,4)5/h8-10,12,15,17-18H,6-7,11H2,1-5H3. The molecule has 3 atom stereocenters. The van der Waals surface area contributed by atoms with E-state index in [1.54, 1.807) is 0 Å². The molecule has 0 aromatic heterocycles. The van der Waals surface area contributed by atoms with Crippen LogP contribution in [0.1, 0.15) is 51.2 Å². The molecule has 0 N–H and O–H groups in total. The summed E-state index contributed by atoms with van der Waals surface area (Å²) < 4.78 is 17.2. The molecular weight excluding hydrogens is 344 g/mol.